The van der Waals surface area contributed by atoms with Crippen molar-refractivity contribution in [1.82, 2.24) is 9.80 Å². The Morgan fingerprint density at radius 2 is 1.73 bits per heavy atom. The molecular weight excluding hydrogens is 382 g/mol. The summed E-state index contributed by atoms with van der Waals surface area (Å²) in [6, 6.07) is 8.97. The summed E-state index contributed by atoms with van der Waals surface area (Å²) in [6.45, 7) is 9.01. The van der Waals surface area contributed by atoms with E-state index in [9.17, 15) is 8.78 Å². The lowest BCUT2D eigenvalue weighted by Crippen LogP contribution is -2.60. The number of halogens is 2. The number of allylic oxidation sites excluding steroid dienone is 1. The molecule has 3 aliphatic heterocycles. The number of hydrogen-bond donors (Lipinski definition) is 0. The Morgan fingerprint density at radius 3 is 2.33 bits per heavy atom. The maximum Gasteiger partial charge on any atom is 0.278 e. The highest BCUT2D eigenvalue weighted by molar-refractivity contribution is 6.15. The topological polar surface area (TPSA) is 31.2 Å². The molecule has 30 heavy (non-hydrogen) atoms. The minimum atomic E-state index is -2.52. The molecule has 1 saturated carbocycles. The van der Waals surface area contributed by atoms with Gasteiger partial charge in [-0.05, 0) is 68.2 Å². The quantitative estimate of drug-likeness (QED) is 0.666. The molecule has 0 spiro atoms. The van der Waals surface area contributed by atoms with Gasteiger partial charge in [0.15, 0.2) is 0 Å². The first-order valence-electron chi connectivity index (χ1n) is 11.3. The fraction of sp³-hybridized carbons (Fsp3) is 0.583. The minimum absolute atomic E-state index is 0.132. The molecule has 0 N–H and O–H groups in total. The number of hydrogen-bond acceptors (Lipinski definition) is 4. The van der Waals surface area contributed by atoms with Crippen LogP contribution in [0, 0.1) is 11.8 Å². The summed E-state index contributed by atoms with van der Waals surface area (Å²) in [7, 11) is 0. The molecule has 2 saturated heterocycles. The van der Waals surface area contributed by atoms with Crippen molar-refractivity contribution in [2.24, 2.45) is 22.0 Å². The van der Waals surface area contributed by atoms with Gasteiger partial charge in [0.05, 0.1) is 5.71 Å². The van der Waals surface area contributed by atoms with Crippen molar-refractivity contribution in [3.05, 3.63) is 47.7 Å². The van der Waals surface area contributed by atoms with Crippen molar-refractivity contribution >= 4 is 11.4 Å². The minimum Gasteiger partial charge on any atom is -0.372 e. The van der Waals surface area contributed by atoms with Gasteiger partial charge in [-0.15, -0.1) is 0 Å². The first kappa shape index (κ1) is 19.9. The lowest BCUT2D eigenvalue weighted by molar-refractivity contribution is 0.0310. The highest BCUT2D eigenvalue weighted by atomic mass is 19.3. The fourth-order valence-corrected chi connectivity index (χ4v) is 4.93. The van der Waals surface area contributed by atoms with Crippen LogP contribution in [0.3, 0.4) is 0 Å². The van der Waals surface area contributed by atoms with Gasteiger partial charge in [-0.1, -0.05) is 30.8 Å². The molecule has 4 aliphatic rings. The third-order valence-electron chi connectivity index (χ3n) is 7.19. The third kappa shape index (κ3) is 4.20. The summed E-state index contributed by atoms with van der Waals surface area (Å²) in [4.78, 5) is 5.16. The van der Waals surface area contributed by atoms with Crippen LogP contribution in [0.15, 0.2) is 46.7 Å². The van der Waals surface area contributed by atoms with Gasteiger partial charge >= 0.3 is 0 Å². The third-order valence-corrected chi connectivity index (χ3v) is 7.19. The maximum atomic E-state index is 12.7. The SMILES string of the molecule is C=C(C1CC1)N1CC(N2CCC(Cc3ccc(C4=NN=C(C(F)F)C4)cc3)CC2)C1. The van der Waals surface area contributed by atoms with Crippen LogP contribution >= 0.6 is 0 Å². The highest BCUT2D eigenvalue weighted by Gasteiger charge is 2.38. The maximum absolute atomic E-state index is 12.7. The molecule has 3 fully saturated rings. The molecule has 1 aliphatic carbocycles. The number of likely N-dealkylation sites (tertiary alicyclic amines) is 2. The summed E-state index contributed by atoms with van der Waals surface area (Å²) >= 11 is 0. The average Bonchev–Trinajstić information content (AvgIpc) is 3.45. The molecule has 160 valence electrons. The van der Waals surface area contributed by atoms with Crippen LogP contribution in [0.5, 0.6) is 0 Å². The zero-order valence-electron chi connectivity index (χ0n) is 17.4. The standard InChI is InChI=1S/C24H30F2N4/c1-16(19-6-7-19)30-14-21(15-30)29-10-8-18(9-11-29)12-17-2-4-20(5-3-17)22-13-23(24(25)26)28-27-22/h2-5,18-19,21,24H,1,6-15H2. The molecule has 3 heterocycles. The van der Waals surface area contributed by atoms with Crippen molar-refractivity contribution in [3.63, 3.8) is 0 Å². The summed E-state index contributed by atoms with van der Waals surface area (Å²) < 4.78 is 25.5. The summed E-state index contributed by atoms with van der Waals surface area (Å²) in [5.41, 5.74) is 4.11. The van der Waals surface area contributed by atoms with Crippen molar-refractivity contribution in [2.45, 2.75) is 51.0 Å². The second-order valence-electron chi connectivity index (χ2n) is 9.32. The Hall–Kier alpha value is -2.08. The normalized spacial score (nSPS) is 23.5. The molecule has 5 rings (SSSR count). The van der Waals surface area contributed by atoms with Crippen molar-refractivity contribution in [3.8, 4) is 0 Å². The first-order valence-corrected chi connectivity index (χ1v) is 11.3. The summed E-state index contributed by atoms with van der Waals surface area (Å²) in [5, 5.41) is 7.54. The van der Waals surface area contributed by atoms with Crippen LogP contribution in [-0.4, -0.2) is 59.9 Å². The second-order valence-corrected chi connectivity index (χ2v) is 9.32. The molecular formula is C24H30F2N4. The van der Waals surface area contributed by atoms with Crippen LogP contribution in [0.1, 0.15) is 43.2 Å². The van der Waals surface area contributed by atoms with Crippen molar-refractivity contribution in [2.75, 3.05) is 26.2 Å². The van der Waals surface area contributed by atoms with Crippen LogP contribution in [-0.2, 0) is 6.42 Å². The Morgan fingerprint density at radius 1 is 1.03 bits per heavy atom. The highest BCUT2D eigenvalue weighted by Crippen LogP contribution is 2.39. The van der Waals surface area contributed by atoms with Gasteiger partial charge < -0.3 is 4.90 Å². The first-order chi connectivity index (χ1) is 14.6. The van der Waals surface area contributed by atoms with Gasteiger partial charge in [0.2, 0.25) is 0 Å². The molecule has 0 radical (unpaired) electrons. The van der Waals surface area contributed by atoms with E-state index >= 15 is 0 Å². The van der Waals surface area contributed by atoms with E-state index in [1.807, 2.05) is 12.1 Å². The van der Waals surface area contributed by atoms with E-state index in [1.54, 1.807) is 0 Å². The lowest BCUT2D eigenvalue weighted by atomic mass is 9.88. The predicted octanol–water partition coefficient (Wildman–Crippen LogP) is 4.36. The van der Waals surface area contributed by atoms with Crippen LogP contribution in [0.25, 0.3) is 0 Å². The molecule has 0 atom stereocenters. The fourth-order valence-electron chi connectivity index (χ4n) is 4.93. The lowest BCUT2D eigenvalue weighted by Gasteiger charge is -2.49. The smallest absolute Gasteiger partial charge is 0.278 e. The van der Waals surface area contributed by atoms with Crippen LogP contribution < -0.4 is 0 Å². The Bertz CT molecular complexity index is 842. The number of rotatable bonds is 7. The van der Waals surface area contributed by atoms with Gasteiger partial charge in [-0.3, -0.25) is 4.90 Å². The summed E-state index contributed by atoms with van der Waals surface area (Å²) in [6.07, 6.45) is 3.91. The van der Waals surface area contributed by atoms with Crippen molar-refractivity contribution in [1.29, 1.82) is 0 Å². The van der Waals surface area contributed by atoms with E-state index in [1.165, 1.54) is 63.1 Å². The molecule has 1 aromatic rings. The molecule has 0 bridgehead atoms. The summed E-state index contributed by atoms with van der Waals surface area (Å²) in [5.74, 6) is 1.50. The Kier molecular flexibility index (Phi) is 5.44. The van der Waals surface area contributed by atoms with E-state index < -0.39 is 6.43 Å². The molecule has 4 nitrogen and oxygen atoms in total. The van der Waals surface area contributed by atoms with Gasteiger partial charge in [0.1, 0.15) is 5.71 Å². The number of alkyl halides is 2. The van der Waals surface area contributed by atoms with Gasteiger partial charge in [0, 0.05) is 31.2 Å². The molecule has 0 aromatic heterocycles. The number of piperidine rings is 1. The molecule has 0 amide bonds. The number of benzene rings is 1. The molecule has 0 unspecified atom stereocenters. The van der Waals surface area contributed by atoms with Gasteiger partial charge in [0.25, 0.3) is 6.43 Å². The van der Waals surface area contributed by atoms with E-state index in [4.69, 9.17) is 0 Å². The molecule has 6 heteroatoms. The number of nitrogens with zero attached hydrogens (tertiary/aromatic N) is 4. The zero-order valence-corrected chi connectivity index (χ0v) is 17.4. The van der Waals surface area contributed by atoms with Crippen LogP contribution in [0.4, 0.5) is 8.78 Å². The van der Waals surface area contributed by atoms with E-state index in [-0.39, 0.29) is 12.1 Å². The van der Waals surface area contributed by atoms with E-state index in [0.717, 1.165) is 23.8 Å². The largest absolute Gasteiger partial charge is 0.372 e. The van der Waals surface area contributed by atoms with Gasteiger partial charge in [-0.2, -0.15) is 10.2 Å². The zero-order chi connectivity index (χ0) is 20.7. The predicted molar refractivity (Wildman–Crippen MR) is 116 cm³/mol. The molecule has 1 aromatic carbocycles. The monoisotopic (exact) mass is 412 g/mol. The second kappa shape index (κ2) is 8.22. The van der Waals surface area contributed by atoms with Gasteiger partial charge in [-0.25, -0.2) is 8.78 Å². The Labute approximate surface area is 177 Å². The van der Waals surface area contributed by atoms with Crippen molar-refractivity contribution < 1.29 is 8.78 Å². The van der Waals surface area contributed by atoms with Crippen LogP contribution in [0.2, 0.25) is 0 Å². The van der Waals surface area contributed by atoms with E-state index in [2.05, 4.69) is 38.7 Å². The Balaban J connectivity index is 1.06. The van der Waals surface area contributed by atoms with E-state index in [0.29, 0.717) is 11.8 Å². The average molecular weight is 413 g/mol.